The van der Waals surface area contributed by atoms with Crippen molar-refractivity contribution in [3.63, 3.8) is 0 Å². The Morgan fingerprint density at radius 1 is 0.696 bits per heavy atom. The molecule has 13 nitrogen and oxygen atoms in total. The van der Waals surface area contributed by atoms with Gasteiger partial charge >= 0.3 is 24.3 Å². The summed E-state index contributed by atoms with van der Waals surface area (Å²) >= 11 is 1.33. The maximum absolute atomic E-state index is 13.4. The molecule has 0 aliphatic carbocycles. The summed E-state index contributed by atoms with van der Waals surface area (Å²) in [5.74, 6) is -6.03. The van der Waals surface area contributed by atoms with Crippen molar-refractivity contribution in [1.29, 1.82) is 0 Å². The fraction of sp³-hybridized carbons (Fsp3) is 0.480. The molecule has 0 saturated carbocycles. The molecule has 0 bridgehead atoms. The molecule has 0 spiro atoms. The smallest absolute Gasteiger partial charge is 0.434 e. The van der Waals surface area contributed by atoms with Crippen LogP contribution in [0.4, 0.5) is 26.3 Å². The van der Waals surface area contributed by atoms with E-state index in [9.17, 15) is 60.5 Å². The Morgan fingerprint density at radius 2 is 1.04 bits per heavy atom. The van der Waals surface area contributed by atoms with Crippen molar-refractivity contribution < 1.29 is 60.5 Å². The molecule has 0 saturated heterocycles. The molecule has 2 heterocycles. The molecule has 252 valence electrons. The van der Waals surface area contributed by atoms with Gasteiger partial charge in [0.2, 0.25) is 11.8 Å². The number of aliphatic carboxylic acids is 2. The first-order valence-electron chi connectivity index (χ1n) is 12.8. The van der Waals surface area contributed by atoms with E-state index in [1.165, 1.54) is 0 Å². The van der Waals surface area contributed by atoms with Crippen LogP contribution in [0.1, 0.15) is 60.0 Å². The first-order valence-corrected chi connectivity index (χ1v) is 14.9. The Balaban J connectivity index is 2.44. The summed E-state index contributed by atoms with van der Waals surface area (Å²) < 4.78 is 80.1. The Kier molecular flexibility index (Phi) is 13.7. The van der Waals surface area contributed by atoms with Gasteiger partial charge in [0.15, 0.2) is 11.4 Å². The lowest BCUT2D eigenvalue weighted by Crippen LogP contribution is -2.41. The van der Waals surface area contributed by atoms with Crippen molar-refractivity contribution in [2.24, 2.45) is 0 Å². The molecule has 2 unspecified atom stereocenters. The van der Waals surface area contributed by atoms with E-state index in [1.807, 2.05) is 0 Å². The summed E-state index contributed by atoms with van der Waals surface area (Å²) in [5.41, 5.74) is -3.57. The van der Waals surface area contributed by atoms with E-state index in [4.69, 9.17) is 0 Å². The highest BCUT2D eigenvalue weighted by molar-refractivity contribution is 7.99. The predicted octanol–water partition coefficient (Wildman–Crippen LogP) is 3.08. The van der Waals surface area contributed by atoms with E-state index in [0.717, 1.165) is 26.2 Å². The van der Waals surface area contributed by atoms with E-state index in [1.54, 1.807) is 0 Å². The summed E-state index contributed by atoms with van der Waals surface area (Å²) in [7, 11) is 0. The monoisotopic (exact) mass is 700 g/mol. The molecule has 2 aromatic heterocycles. The molecule has 2 rings (SSSR count). The molecule has 0 aromatic carbocycles. The lowest BCUT2D eigenvalue weighted by Gasteiger charge is -2.22. The van der Waals surface area contributed by atoms with Crippen LogP contribution in [-0.2, 0) is 36.3 Å². The largest absolute Gasteiger partial charge is 0.480 e. The number of carbonyl (C=O) groups excluding carboxylic acids is 3. The molecular formula is C25H26F6N6O7S2. The minimum Gasteiger partial charge on any atom is -0.480 e. The summed E-state index contributed by atoms with van der Waals surface area (Å²) in [4.78, 5) is 73.4. The van der Waals surface area contributed by atoms with Crippen molar-refractivity contribution in [1.82, 2.24) is 30.6 Å². The Labute approximate surface area is 264 Å². The van der Waals surface area contributed by atoms with Crippen LogP contribution in [0, 0.1) is 0 Å². The SMILES string of the molecule is CC(=O)N[C@@H](CSC(CC(=O)CC(SC[C@H](NC(C)=O)C(=O)O)c1cncc(C(F)(F)F)n1)c1cncc(C(F)(F)F)n1)C(=O)O. The number of carbonyl (C=O) groups is 5. The number of amides is 2. The van der Waals surface area contributed by atoms with Gasteiger partial charge in [0.25, 0.3) is 0 Å². The average Bonchev–Trinajstić information content (AvgIpc) is 2.94. The zero-order chi connectivity index (χ0) is 34.8. The molecule has 46 heavy (non-hydrogen) atoms. The second kappa shape index (κ2) is 16.5. The van der Waals surface area contributed by atoms with Crippen LogP contribution in [0.3, 0.4) is 0 Å². The van der Waals surface area contributed by atoms with Gasteiger partial charge < -0.3 is 20.8 Å². The van der Waals surface area contributed by atoms with Gasteiger partial charge in [-0.05, 0) is 0 Å². The van der Waals surface area contributed by atoms with E-state index in [-0.39, 0.29) is 11.4 Å². The number of hydrogen-bond donors (Lipinski definition) is 4. The minimum atomic E-state index is -4.93. The van der Waals surface area contributed by atoms with Gasteiger partial charge in [-0.1, -0.05) is 0 Å². The second-order valence-electron chi connectivity index (χ2n) is 9.43. The third kappa shape index (κ3) is 12.4. The number of alkyl halides is 6. The molecular weight excluding hydrogens is 674 g/mol. The lowest BCUT2D eigenvalue weighted by atomic mass is 10.1. The van der Waals surface area contributed by atoms with Gasteiger partial charge in [0.05, 0.1) is 34.3 Å². The fourth-order valence-electron chi connectivity index (χ4n) is 3.61. The topological polar surface area (TPSA) is 201 Å². The van der Waals surface area contributed by atoms with E-state index in [2.05, 4.69) is 30.6 Å². The van der Waals surface area contributed by atoms with Crippen molar-refractivity contribution in [3.05, 3.63) is 47.6 Å². The van der Waals surface area contributed by atoms with E-state index in [0.29, 0.717) is 35.9 Å². The molecule has 0 radical (unpaired) electrons. The Hall–Kier alpha value is -4.01. The highest BCUT2D eigenvalue weighted by atomic mass is 32.2. The number of aromatic nitrogens is 4. The van der Waals surface area contributed by atoms with Gasteiger partial charge in [-0.3, -0.25) is 24.4 Å². The standard InChI is InChI=1S/C25H26F6N6O7S2/c1-11(38)34-16(22(41)42)9-45-18(14-5-32-7-20(36-14)24(26,27)28)3-13(40)4-19(46-10-17(23(43)44)35-12(2)39)15-6-33-8-21(37-15)25(29,30)31/h5-8,16-19H,3-4,9-10H2,1-2H3,(H,34,38)(H,35,39)(H,41,42)(H,43,44)/t16-,17-,18?,19?/m0/s1. The number of ketones is 1. The number of nitrogens with zero attached hydrogens (tertiary/aromatic N) is 4. The van der Waals surface area contributed by atoms with Gasteiger partial charge in [-0.15, -0.1) is 23.5 Å². The summed E-state index contributed by atoms with van der Waals surface area (Å²) in [6.45, 7) is 2.07. The van der Waals surface area contributed by atoms with Crippen molar-refractivity contribution in [2.75, 3.05) is 11.5 Å². The first-order chi connectivity index (χ1) is 21.3. The van der Waals surface area contributed by atoms with Crippen molar-refractivity contribution in [3.8, 4) is 0 Å². The predicted molar refractivity (Wildman–Crippen MR) is 149 cm³/mol. The van der Waals surface area contributed by atoms with E-state index < -0.39 is 100 Å². The van der Waals surface area contributed by atoms with Gasteiger partial charge in [-0.25, -0.2) is 19.6 Å². The number of Topliss-reactive ketones (excluding diaryl/α,β-unsaturated/α-hetero) is 1. The minimum absolute atomic E-state index is 0.375. The highest BCUT2D eigenvalue weighted by Gasteiger charge is 2.36. The quantitative estimate of drug-likeness (QED) is 0.186. The Morgan fingerprint density at radius 3 is 1.33 bits per heavy atom. The van der Waals surface area contributed by atoms with Gasteiger partial charge in [0, 0.05) is 50.6 Å². The van der Waals surface area contributed by atoms with Gasteiger partial charge in [-0.2, -0.15) is 26.3 Å². The molecule has 4 atom stereocenters. The molecule has 21 heteroatoms. The van der Waals surface area contributed by atoms with Crippen molar-refractivity contribution >= 4 is 53.1 Å². The highest BCUT2D eigenvalue weighted by Crippen LogP contribution is 2.38. The molecule has 0 fully saturated rings. The fourth-order valence-corrected chi connectivity index (χ4v) is 6.08. The van der Waals surface area contributed by atoms with E-state index >= 15 is 0 Å². The molecule has 2 aromatic rings. The van der Waals surface area contributed by atoms with Crippen LogP contribution in [0.5, 0.6) is 0 Å². The maximum Gasteiger partial charge on any atom is 0.434 e. The van der Waals surface area contributed by atoms with Gasteiger partial charge in [0.1, 0.15) is 17.9 Å². The average molecular weight is 701 g/mol. The summed E-state index contributed by atoms with van der Waals surface area (Å²) in [6.07, 6.45) is -8.43. The van der Waals surface area contributed by atoms with Crippen LogP contribution < -0.4 is 10.6 Å². The maximum atomic E-state index is 13.4. The number of hydrogen-bond acceptors (Lipinski definition) is 11. The number of carboxylic acid groups (broad SMARTS) is 2. The zero-order valence-corrected chi connectivity index (χ0v) is 25.4. The number of halogens is 6. The molecule has 2 amide bonds. The van der Waals surface area contributed by atoms with Crippen LogP contribution in [0.25, 0.3) is 0 Å². The number of nitrogens with one attached hydrogen (secondary N) is 2. The van der Waals surface area contributed by atoms with Crippen LogP contribution in [0.15, 0.2) is 24.8 Å². The van der Waals surface area contributed by atoms with Crippen molar-refractivity contribution in [2.45, 2.75) is 61.6 Å². The normalized spacial score (nSPS) is 14.4. The lowest BCUT2D eigenvalue weighted by molar-refractivity contribution is -0.142. The molecule has 0 aliphatic rings. The number of thioether (sulfide) groups is 2. The molecule has 0 aliphatic heterocycles. The first kappa shape index (κ1) is 38.2. The summed E-state index contributed by atoms with van der Waals surface area (Å²) in [6, 6.07) is -3.02. The van der Waals surface area contributed by atoms with Crippen LogP contribution >= 0.6 is 23.5 Å². The van der Waals surface area contributed by atoms with Crippen LogP contribution in [-0.4, -0.2) is 83.3 Å². The zero-order valence-electron chi connectivity index (χ0n) is 23.8. The van der Waals surface area contributed by atoms with Crippen LogP contribution in [0.2, 0.25) is 0 Å². The third-order valence-electron chi connectivity index (χ3n) is 5.65. The number of rotatable bonds is 16. The third-order valence-corrected chi connectivity index (χ3v) is 8.33. The Bertz CT molecular complexity index is 1330. The summed E-state index contributed by atoms with van der Waals surface area (Å²) in [5, 5.41) is 20.6. The second-order valence-corrected chi connectivity index (χ2v) is 11.9. The molecule has 4 N–H and O–H groups in total. The number of carboxylic acids is 2.